The molecule has 0 spiro atoms. The van der Waals surface area contributed by atoms with E-state index in [4.69, 9.17) is 0 Å². The van der Waals surface area contributed by atoms with Crippen molar-refractivity contribution in [2.45, 2.75) is 19.3 Å². The second-order valence-corrected chi connectivity index (χ2v) is 3.61. The van der Waals surface area contributed by atoms with Gasteiger partial charge in [-0.25, -0.2) is 4.39 Å². The first-order valence-corrected chi connectivity index (χ1v) is 4.44. The molecule has 0 radical (unpaired) electrons. The number of carbonyl (C=O) groups is 1. The Kier molecular flexibility index (Phi) is 1.91. The van der Waals surface area contributed by atoms with Gasteiger partial charge in [0, 0.05) is 5.92 Å². The van der Waals surface area contributed by atoms with E-state index in [0.717, 1.165) is 12.0 Å². The van der Waals surface area contributed by atoms with Crippen LogP contribution in [0.5, 0.6) is 0 Å². The maximum atomic E-state index is 12.8. The van der Waals surface area contributed by atoms with Gasteiger partial charge in [0.1, 0.15) is 11.6 Å². The zero-order valence-corrected chi connectivity index (χ0v) is 7.46. The standard InChI is InChI=1S/C11H11FO/c1-7(13)10-6-11(10)8-3-2-4-9(12)5-8/h2-5,10-11H,6H2,1H3/t10-,11+/m1/s1. The molecule has 0 saturated heterocycles. The molecule has 0 aliphatic heterocycles. The van der Waals surface area contributed by atoms with Crippen molar-refractivity contribution >= 4 is 5.78 Å². The Morgan fingerprint density at radius 2 is 2.31 bits per heavy atom. The number of halogens is 1. The smallest absolute Gasteiger partial charge is 0.133 e. The highest BCUT2D eigenvalue weighted by molar-refractivity contribution is 5.82. The van der Waals surface area contributed by atoms with Crippen molar-refractivity contribution < 1.29 is 9.18 Å². The van der Waals surface area contributed by atoms with Gasteiger partial charge >= 0.3 is 0 Å². The molecular weight excluding hydrogens is 167 g/mol. The highest BCUT2D eigenvalue weighted by atomic mass is 19.1. The summed E-state index contributed by atoms with van der Waals surface area (Å²) < 4.78 is 12.8. The van der Waals surface area contributed by atoms with Crippen molar-refractivity contribution in [2.24, 2.45) is 5.92 Å². The first kappa shape index (κ1) is 8.42. The molecule has 0 amide bonds. The Morgan fingerprint density at radius 3 is 2.85 bits per heavy atom. The number of rotatable bonds is 2. The fourth-order valence-corrected chi connectivity index (χ4v) is 1.75. The van der Waals surface area contributed by atoms with Crippen molar-refractivity contribution in [3.63, 3.8) is 0 Å². The molecule has 1 aliphatic carbocycles. The number of ketones is 1. The SMILES string of the molecule is CC(=O)[C@H]1C[C@H]1c1cccc(F)c1. The highest BCUT2D eigenvalue weighted by Gasteiger charge is 2.41. The van der Waals surface area contributed by atoms with Gasteiger partial charge in [0.05, 0.1) is 0 Å². The molecule has 13 heavy (non-hydrogen) atoms. The monoisotopic (exact) mass is 178 g/mol. The van der Waals surface area contributed by atoms with Crippen LogP contribution in [0.15, 0.2) is 24.3 Å². The maximum absolute atomic E-state index is 12.8. The summed E-state index contributed by atoms with van der Waals surface area (Å²) in [6.07, 6.45) is 0.888. The lowest BCUT2D eigenvalue weighted by Gasteiger charge is -1.97. The third-order valence-corrected chi connectivity index (χ3v) is 2.59. The van der Waals surface area contributed by atoms with Crippen LogP contribution in [0.2, 0.25) is 0 Å². The third-order valence-electron chi connectivity index (χ3n) is 2.59. The molecule has 0 N–H and O–H groups in total. The molecule has 68 valence electrons. The lowest BCUT2D eigenvalue weighted by atomic mass is 10.1. The third kappa shape index (κ3) is 1.62. The number of Topliss-reactive ketones (excluding diaryl/α,β-unsaturated/α-hetero) is 1. The van der Waals surface area contributed by atoms with E-state index < -0.39 is 0 Å². The molecule has 1 fully saturated rings. The van der Waals surface area contributed by atoms with E-state index in [9.17, 15) is 9.18 Å². The average molecular weight is 178 g/mol. The van der Waals surface area contributed by atoms with Crippen molar-refractivity contribution in [1.29, 1.82) is 0 Å². The molecule has 2 heteroatoms. The molecule has 1 aromatic carbocycles. The molecule has 0 bridgehead atoms. The normalized spacial score (nSPS) is 25.7. The van der Waals surface area contributed by atoms with Gasteiger partial charge in [-0.05, 0) is 37.0 Å². The lowest BCUT2D eigenvalue weighted by Crippen LogP contribution is -1.94. The van der Waals surface area contributed by atoms with Crippen molar-refractivity contribution in [2.75, 3.05) is 0 Å². The molecule has 1 aromatic rings. The van der Waals surface area contributed by atoms with Gasteiger partial charge in [0.2, 0.25) is 0 Å². The van der Waals surface area contributed by atoms with Crippen LogP contribution in [-0.2, 0) is 4.79 Å². The second-order valence-electron chi connectivity index (χ2n) is 3.61. The Labute approximate surface area is 76.6 Å². The van der Waals surface area contributed by atoms with E-state index in [1.165, 1.54) is 12.1 Å². The van der Waals surface area contributed by atoms with E-state index in [1.54, 1.807) is 13.0 Å². The van der Waals surface area contributed by atoms with E-state index in [0.29, 0.717) is 0 Å². The quantitative estimate of drug-likeness (QED) is 0.680. The van der Waals surface area contributed by atoms with Gasteiger partial charge in [-0.3, -0.25) is 4.79 Å². The van der Waals surface area contributed by atoms with E-state index in [-0.39, 0.29) is 23.4 Å². The Morgan fingerprint density at radius 1 is 1.54 bits per heavy atom. The van der Waals surface area contributed by atoms with Gasteiger partial charge in [0.15, 0.2) is 0 Å². The fourth-order valence-electron chi connectivity index (χ4n) is 1.75. The van der Waals surface area contributed by atoms with E-state index in [2.05, 4.69) is 0 Å². The first-order chi connectivity index (χ1) is 6.18. The lowest BCUT2D eigenvalue weighted by molar-refractivity contribution is -0.118. The topological polar surface area (TPSA) is 17.1 Å². The zero-order valence-electron chi connectivity index (χ0n) is 7.46. The van der Waals surface area contributed by atoms with E-state index in [1.807, 2.05) is 6.07 Å². The number of hydrogen-bond donors (Lipinski definition) is 0. The van der Waals surface area contributed by atoms with Gasteiger partial charge in [0.25, 0.3) is 0 Å². The molecule has 0 unspecified atom stereocenters. The first-order valence-electron chi connectivity index (χ1n) is 4.44. The van der Waals surface area contributed by atoms with Gasteiger partial charge in [-0.2, -0.15) is 0 Å². The molecule has 1 nitrogen and oxygen atoms in total. The molecule has 1 saturated carbocycles. The second kappa shape index (κ2) is 2.95. The van der Waals surface area contributed by atoms with Crippen LogP contribution >= 0.6 is 0 Å². The molecule has 0 heterocycles. The average Bonchev–Trinajstić information content (AvgIpc) is 2.82. The molecular formula is C11H11FO. The predicted molar refractivity (Wildman–Crippen MR) is 47.9 cm³/mol. The van der Waals surface area contributed by atoms with Gasteiger partial charge in [-0.1, -0.05) is 12.1 Å². The fraction of sp³-hybridized carbons (Fsp3) is 0.364. The van der Waals surface area contributed by atoms with Crippen LogP contribution in [0, 0.1) is 11.7 Å². The summed E-state index contributed by atoms with van der Waals surface area (Å²) in [5.41, 5.74) is 0.959. The van der Waals surface area contributed by atoms with Gasteiger partial charge < -0.3 is 0 Å². The summed E-state index contributed by atoms with van der Waals surface area (Å²) in [4.78, 5) is 11.0. The van der Waals surface area contributed by atoms with Crippen LogP contribution in [0.4, 0.5) is 4.39 Å². The zero-order chi connectivity index (χ0) is 9.42. The summed E-state index contributed by atoms with van der Waals surface area (Å²) in [7, 11) is 0. The summed E-state index contributed by atoms with van der Waals surface area (Å²) in [6.45, 7) is 1.60. The minimum Gasteiger partial charge on any atom is -0.300 e. The van der Waals surface area contributed by atoms with Crippen LogP contribution in [0.1, 0.15) is 24.8 Å². The molecule has 2 rings (SSSR count). The molecule has 2 atom stereocenters. The molecule has 1 aliphatic rings. The Balaban J connectivity index is 2.16. The minimum atomic E-state index is -0.216. The van der Waals surface area contributed by atoms with Crippen LogP contribution in [-0.4, -0.2) is 5.78 Å². The van der Waals surface area contributed by atoms with Crippen molar-refractivity contribution in [1.82, 2.24) is 0 Å². The maximum Gasteiger partial charge on any atom is 0.133 e. The summed E-state index contributed by atoms with van der Waals surface area (Å²) >= 11 is 0. The molecule has 0 aromatic heterocycles. The van der Waals surface area contributed by atoms with Gasteiger partial charge in [-0.15, -0.1) is 0 Å². The van der Waals surface area contributed by atoms with Crippen LogP contribution < -0.4 is 0 Å². The number of benzene rings is 1. The Hall–Kier alpha value is -1.18. The van der Waals surface area contributed by atoms with Crippen LogP contribution in [0.25, 0.3) is 0 Å². The van der Waals surface area contributed by atoms with Crippen molar-refractivity contribution in [3.05, 3.63) is 35.6 Å². The van der Waals surface area contributed by atoms with Crippen LogP contribution in [0.3, 0.4) is 0 Å². The van der Waals surface area contributed by atoms with Crippen molar-refractivity contribution in [3.8, 4) is 0 Å². The highest BCUT2D eigenvalue weighted by Crippen LogP contribution is 2.47. The minimum absolute atomic E-state index is 0.141. The van der Waals surface area contributed by atoms with E-state index >= 15 is 0 Å². The predicted octanol–water partition coefficient (Wildman–Crippen LogP) is 2.52. The summed E-state index contributed by atoms with van der Waals surface area (Å²) in [5.74, 6) is 0.413. The Bertz CT molecular complexity index is 346. The number of carbonyl (C=O) groups excluding carboxylic acids is 1. The summed E-state index contributed by atoms with van der Waals surface area (Å²) in [6, 6.07) is 6.53. The largest absolute Gasteiger partial charge is 0.300 e. The summed E-state index contributed by atoms with van der Waals surface area (Å²) in [5, 5.41) is 0. The number of hydrogen-bond acceptors (Lipinski definition) is 1.